The summed E-state index contributed by atoms with van der Waals surface area (Å²) in [6.07, 6.45) is 0.388. The molecule has 0 spiro atoms. The lowest BCUT2D eigenvalue weighted by Gasteiger charge is -2.27. The number of likely N-dealkylation sites (N-methyl/N-ethyl adjacent to an activating group) is 1. The smallest absolute Gasteiger partial charge is 0.317 e. The van der Waals surface area contributed by atoms with Crippen molar-refractivity contribution in [3.8, 4) is 0 Å². The Hall–Kier alpha value is -1.15. The van der Waals surface area contributed by atoms with Crippen molar-refractivity contribution in [1.29, 1.82) is 0 Å². The van der Waals surface area contributed by atoms with Gasteiger partial charge < -0.3 is 10.0 Å². The molecule has 7 nitrogen and oxygen atoms in total. The molecule has 8 heteroatoms. The van der Waals surface area contributed by atoms with Gasteiger partial charge in [-0.1, -0.05) is 0 Å². The molecule has 0 aromatic carbocycles. The molecule has 1 unspecified atom stereocenters. The molecule has 19 heavy (non-hydrogen) atoms. The maximum Gasteiger partial charge on any atom is 0.317 e. The van der Waals surface area contributed by atoms with E-state index in [9.17, 15) is 18.0 Å². The van der Waals surface area contributed by atoms with Crippen LogP contribution in [-0.2, 0) is 19.4 Å². The average Bonchev–Trinajstić information content (AvgIpc) is 2.67. The molecule has 1 atom stereocenters. The summed E-state index contributed by atoms with van der Waals surface area (Å²) >= 11 is 0. The summed E-state index contributed by atoms with van der Waals surface area (Å²) in [4.78, 5) is 25.6. The van der Waals surface area contributed by atoms with Crippen LogP contribution < -0.4 is 0 Å². The van der Waals surface area contributed by atoms with Gasteiger partial charge in [-0.3, -0.25) is 14.5 Å². The van der Waals surface area contributed by atoms with Crippen molar-refractivity contribution >= 4 is 21.7 Å². The van der Waals surface area contributed by atoms with Crippen LogP contribution in [0.3, 0.4) is 0 Å². The molecule has 0 aromatic rings. The van der Waals surface area contributed by atoms with Crippen LogP contribution in [0.1, 0.15) is 13.3 Å². The number of rotatable bonds is 6. The molecule has 110 valence electrons. The highest BCUT2D eigenvalue weighted by Crippen LogP contribution is 2.17. The molecule has 0 radical (unpaired) electrons. The standard InChI is InChI=1S/C11H20N2O5S/c1-3-12(2)10(14)6-13(7-11(15)16)9-4-5-19(17,18)8-9/h9H,3-8H2,1-2H3,(H,15,16). The summed E-state index contributed by atoms with van der Waals surface area (Å²) in [5, 5.41) is 8.87. The first-order valence-corrected chi connectivity index (χ1v) is 7.97. The van der Waals surface area contributed by atoms with Crippen LogP contribution in [0.2, 0.25) is 0 Å². The number of carbonyl (C=O) groups excluding carboxylic acids is 1. The van der Waals surface area contributed by atoms with Crippen LogP contribution in [0.4, 0.5) is 0 Å². The molecular formula is C11H20N2O5S. The van der Waals surface area contributed by atoms with Gasteiger partial charge in [0, 0.05) is 19.6 Å². The number of nitrogens with zero attached hydrogens (tertiary/aromatic N) is 2. The Balaban J connectivity index is 2.73. The maximum absolute atomic E-state index is 11.8. The Bertz CT molecular complexity index is 448. The van der Waals surface area contributed by atoms with Gasteiger partial charge in [-0.25, -0.2) is 8.42 Å². The summed E-state index contributed by atoms with van der Waals surface area (Å²) in [6, 6.07) is -0.379. The Morgan fingerprint density at radius 1 is 1.32 bits per heavy atom. The topological polar surface area (TPSA) is 95.0 Å². The second-order valence-corrected chi connectivity index (χ2v) is 6.99. The highest BCUT2D eigenvalue weighted by atomic mass is 32.2. The first kappa shape index (κ1) is 15.9. The summed E-state index contributed by atoms with van der Waals surface area (Å²) in [6.45, 7) is 1.97. The molecule has 1 fully saturated rings. The summed E-state index contributed by atoms with van der Waals surface area (Å²) in [5.74, 6) is -1.26. The fourth-order valence-electron chi connectivity index (χ4n) is 2.02. The molecule has 0 bridgehead atoms. The SMILES string of the molecule is CCN(C)C(=O)CN(CC(=O)O)C1CCS(=O)(=O)C1. The van der Waals surface area contributed by atoms with E-state index in [0.29, 0.717) is 13.0 Å². The van der Waals surface area contributed by atoms with Crippen molar-refractivity contribution in [2.45, 2.75) is 19.4 Å². The molecule has 1 saturated heterocycles. The van der Waals surface area contributed by atoms with E-state index in [4.69, 9.17) is 5.11 Å². The van der Waals surface area contributed by atoms with Crippen molar-refractivity contribution in [2.24, 2.45) is 0 Å². The Morgan fingerprint density at radius 2 is 1.95 bits per heavy atom. The average molecular weight is 292 g/mol. The third-order valence-corrected chi connectivity index (χ3v) is 5.05. The molecule has 1 aliphatic rings. The first-order chi connectivity index (χ1) is 8.75. The number of hydrogen-bond acceptors (Lipinski definition) is 5. The van der Waals surface area contributed by atoms with Gasteiger partial charge in [0.2, 0.25) is 5.91 Å². The Morgan fingerprint density at radius 3 is 2.37 bits per heavy atom. The third-order valence-electron chi connectivity index (χ3n) is 3.30. The number of carboxylic acid groups (broad SMARTS) is 1. The fourth-order valence-corrected chi connectivity index (χ4v) is 3.78. The summed E-state index contributed by atoms with van der Waals surface area (Å²) < 4.78 is 22.9. The van der Waals surface area contributed by atoms with E-state index in [1.165, 1.54) is 9.80 Å². The van der Waals surface area contributed by atoms with Gasteiger partial charge in [0.1, 0.15) is 0 Å². The van der Waals surface area contributed by atoms with Gasteiger partial charge in [-0.2, -0.15) is 0 Å². The lowest BCUT2D eigenvalue weighted by atomic mass is 10.2. The van der Waals surface area contributed by atoms with Crippen LogP contribution in [0.15, 0.2) is 0 Å². The molecule has 0 aromatic heterocycles. The van der Waals surface area contributed by atoms with Crippen LogP contribution in [-0.4, -0.2) is 79.4 Å². The van der Waals surface area contributed by atoms with Crippen molar-refractivity contribution in [3.63, 3.8) is 0 Å². The lowest BCUT2D eigenvalue weighted by molar-refractivity contribution is -0.140. The zero-order valence-electron chi connectivity index (χ0n) is 11.2. The Kier molecular flexibility index (Phi) is 5.30. The predicted molar refractivity (Wildman–Crippen MR) is 69.6 cm³/mol. The van der Waals surface area contributed by atoms with E-state index in [1.54, 1.807) is 7.05 Å². The lowest BCUT2D eigenvalue weighted by Crippen LogP contribution is -2.46. The molecule has 0 saturated carbocycles. The van der Waals surface area contributed by atoms with E-state index in [1.807, 2.05) is 6.92 Å². The second kappa shape index (κ2) is 6.33. The number of aliphatic carboxylic acids is 1. The zero-order chi connectivity index (χ0) is 14.6. The summed E-state index contributed by atoms with van der Waals surface area (Å²) in [5.41, 5.74) is 0. The van der Waals surface area contributed by atoms with Gasteiger partial charge in [-0.15, -0.1) is 0 Å². The molecule has 1 aliphatic heterocycles. The zero-order valence-corrected chi connectivity index (χ0v) is 12.0. The molecule has 1 heterocycles. The highest BCUT2D eigenvalue weighted by Gasteiger charge is 2.34. The first-order valence-electron chi connectivity index (χ1n) is 6.15. The van der Waals surface area contributed by atoms with Crippen LogP contribution in [0, 0.1) is 0 Å². The quantitative estimate of drug-likeness (QED) is 0.677. The van der Waals surface area contributed by atoms with Crippen molar-refractivity contribution in [2.75, 3.05) is 38.2 Å². The van der Waals surface area contributed by atoms with Crippen molar-refractivity contribution in [1.82, 2.24) is 9.80 Å². The van der Waals surface area contributed by atoms with Gasteiger partial charge in [0.15, 0.2) is 9.84 Å². The number of amides is 1. The van der Waals surface area contributed by atoms with Gasteiger partial charge in [0.05, 0.1) is 24.6 Å². The van der Waals surface area contributed by atoms with Gasteiger partial charge in [0.25, 0.3) is 0 Å². The summed E-state index contributed by atoms with van der Waals surface area (Å²) in [7, 11) is -1.47. The van der Waals surface area contributed by atoms with E-state index >= 15 is 0 Å². The van der Waals surface area contributed by atoms with E-state index in [-0.39, 0.29) is 36.5 Å². The number of sulfone groups is 1. The minimum Gasteiger partial charge on any atom is -0.480 e. The number of hydrogen-bond donors (Lipinski definition) is 1. The predicted octanol–water partition coefficient (Wildman–Crippen LogP) is -0.962. The van der Waals surface area contributed by atoms with E-state index in [0.717, 1.165) is 0 Å². The minimum absolute atomic E-state index is 0.0587. The fraction of sp³-hybridized carbons (Fsp3) is 0.818. The normalized spacial score (nSPS) is 21.5. The molecule has 1 N–H and O–H groups in total. The van der Waals surface area contributed by atoms with E-state index in [2.05, 4.69) is 0 Å². The monoisotopic (exact) mass is 292 g/mol. The molecule has 0 aliphatic carbocycles. The third kappa shape index (κ3) is 4.79. The van der Waals surface area contributed by atoms with Crippen LogP contribution >= 0.6 is 0 Å². The number of carboxylic acids is 1. The van der Waals surface area contributed by atoms with Gasteiger partial charge in [-0.05, 0) is 13.3 Å². The largest absolute Gasteiger partial charge is 0.480 e. The van der Waals surface area contributed by atoms with Crippen molar-refractivity contribution in [3.05, 3.63) is 0 Å². The van der Waals surface area contributed by atoms with Crippen LogP contribution in [0.5, 0.6) is 0 Å². The molecule has 1 rings (SSSR count). The second-order valence-electron chi connectivity index (χ2n) is 4.76. The van der Waals surface area contributed by atoms with Crippen molar-refractivity contribution < 1.29 is 23.1 Å². The molecule has 1 amide bonds. The van der Waals surface area contributed by atoms with E-state index < -0.39 is 15.8 Å². The maximum atomic E-state index is 11.8. The molecular weight excluding hydrogens is 272 g/mol. The number of carbonyl (C=O) groups is 2. The minimum atomic E-state index is -3.10. The Labute approximate surface area is 113 Å². The van der Waals surface area contributed by atoms with Crippen LogP contribution in [0.25, 0.3) is 0 Å². The highest BCUT2D eigenvalue weighted by molar-refractivity contribution is 7.91. The van der Waals surface area contributed by atoms with Gasteiger partial charge >= 0.3 is 5.97 Å².